The number of benzene rings is 1. The SMILES string of the molecule is OC[C@@H]1O[C@@H]2O[C@H]3[C@H](O)[C@@H](O)[C@@H](O[C@H]4[C@@H](O)[C@H](O)[C@@H](O[C@H]5[C@H](O)[C@H](O)[C@@H](O[C@H]6[C@H](O)[C@@H](O)[C@@H](O[C@H]7[C@H](O)[C@@H](O)[C@@H](O[C@H]8[C@H](O)[C@@H](O)[C@@H](O[C@H]1[C@H](O)[C@H]2O)O[C@H]8CO)O[C@H]7CO)O[C@@H]6CO)O[C@@H]5CO)O[C@@H]4CO)O[C@H]3CNCCNCc1ccccc1O. The van der Waals surface area contributed by atoms with Gasteiger partial charge in [0.2, 0.25) is 0 Å². The van der Waals surface area contributed by atoms with Crippen LogP contribution in [0.4, 0.5) is 0 Å². The fourth-order valence-electron chi connectivity index (χ4n) is 11.7. The van der Waals surface area contributed by atoms with Crippen LogP contribution in [0.15, 0.2) is 24.3 Å². The predicted octanol–water partition coefficient (Wildman–Crippen LogP) is -14.1. The van der Waals surface area contributed by atoms with E-state index in [9.17, 15) is 107 Å². The third-order valence-corrected chi connectivity index (χ3v) is 16.7. The molecule has 88 heavy (non-hydrogen) atoms. The van der Waals surface area contributed by atoms with Crippen LogP contribution in [0.5, 0.6) is 5.75 Å². The molecule has 0 radical (unpaired) electrons. The molecule has 14 bridgehead atoms. The monoisotopic (exact) mass is 1280 g/mol. The number of phenolic OH excluding ortho intramolecular Hbond substituents is 1. The Hall–Kier alpha value is -2.42. The van der Waals surface area contributed by atoms with Gasteiger partial charge in [-0.25, -0.2) is 0 Å². The molecule has 37 heteroatoms. The van der Waals surface area contributed by atoms with E-state index in [0.717, 1.165) is 0 Å². The Morgan fingerprint density at radius 1 is 0.273 bits per heavy atom. The first-order chi connectivity index (χ1) is 42.1. The fourth-order valence-corrected chi connectivity index (χ4v) is 11.7. The lowest BCUT2D eigenvalue weighted by Crippen LogP contribution is -2.68. The lowest BCUT2D eigenvalue weighted by atomic mass is 9.95. The van der Waals surface area contributed by atoms with E-state index in [1.54, 1.807) is 18.2 Å². The van der Waals surface area contributed by atoms with Crippen LogP contribution >= 0.6 is 0 Å². The Morgan fingerprint density at radius 2 is 0.489 bits per heavy atom. The van der Waals surface area contributed by atoms with Gasteiger partial charge >= 0.3 is 0 Å². The number of ether oxygens (including phenoxy) is 14. The summed E-state index contributed by atoms with van der Waals surface area (Å²) in [6, 6.07) is 6.57. The average Bonchev–Trinajstić information content (AvgIpc) is 1.83. The normalized spacial score (nSPS) is 49.9. The van der Waals surface area contributed by atoms with Crippen LogP contribution in [0.25, 0.3) is 0 Å². The highest BCUT2D eigenvalue weighted by atomic mass is 16.8. The lowest BCUT2D eigenvalue weighted by molar-refractivity contribution is -0.396. The number of para-hydroxylation sites is 1. The van der Waals surface area contributed by atoms with Crippen molar-refractivity contribution in [1.82, 2.24) is 10.6 Å². The largest absolute Gasteiger partial charge is 0.508 e. The Labute approximate surface area is 499 Å². The molecule has 23 N–H and O–H groups in total. The zero-order valence-corrected chi connectivity index (χ0v) is 46.7. The molecule has 0 saturated carbocycles. The Morgan fingerprint density at radius 3 is 0.727 bits per heavy atom. The third kappa shape index (κ3) is 14.6. The Balaban J connectivity index is 0.992. The van der Waals surface area contributed by atoms with Crippen molar-refractivity contribution in [2.75, 3.05) is 59.3 Å². The Kier molecular flexibility index (Phi) is 24.4. The minimum atomic E-state index is -2.21. The number of hydrogen-bond donors (Lipinski definition) is 23. The van der Waals surface area contributed by atoms with Crippen LogP contribution in [-0.2, 0) is 72.9 Å². The van der Waals surface area contributed by atoms with Gasteiger partial charge in [-0.15, -0.1) is 0 Å². The van der Waals surface area contributed by atoms with Gasteiger partial charge in [-0.3, -0.25) is 0 Å². The zero-order valence-electron chi connectivity index (χ0n) is 46.7. The van der Waals surface area contributed by atoms with Crippen LogP contribution in [0.3, 0.4) is 0 Å². The van der Waals surface area contributed by atoms with Crippen molar-refractivity contribution in [2.24, 2.45) is 0 Å². The van der Waals surface area contributed by atoms with Gasteiger partial charge in [-0.1, -0.05) is 18.2 Å². The number of phenols is 1. The first-order valence-corrected chi connectivity index (χ1v) is 28.6. The Bertz CT molecular complexity index is 2280. The van der Waals surface area contributed by atoms with Gasteiger partial charge in [-0.2, -0.15) is 0 Å². The van der Waals surface area contributed by atoms with E-state index in [1.807, 2.05) is 0 Å². The highest BCUT2D eigenvalue weighted by Crippen LogP contribution is 2.39. The molecular weight excluding hydrogens is 1200 g/mol. The van der Waals surface area contributed by atoms with Gasteiger partial charge in [0.05, 0.1) is 39.6 Å². The third-order valence-electron chi connectivity index (χ3n) is 16.7. The van der Waals surface area contributed by atoms with E-state index >= 15 is 0 Å². The molecule has 21 saturated heterocycles. The summed E-state index contributed by atoms with van der Waals surface area (Å²) in [6.07, 6.45) is -69.8. The molecule has 21 fully saturated rings. The zero-order chi connectivity index (χ0) is 63.6. The number of aromatic hydroxyl groups is 1. The van der Waals surface area contributed by atoms with Crippen LogP contribution in [0, 0.1) is 0 Å². The molecule has 21 heterocycles. The summed E-state index contributed by atoms with van der Waals surface area (Å²) in [5.41, 5.74) is 0.581. The van der Waals surface area contributed by atoms with Crippen molar-refractivity contribution in [1.29, 1.82) is 0 Å². The maximum absolute atomic E-state index is 11.8. The summed E-state index contributed by atoms with van der Waals surface area (Å²) in [6.45, 7) is -5.93. The van der Waals surface area contributed by atoms with Crippen molar-refractivity contribution in [3.05, 3.63) is 29.8 Å². The summed E-state index contributed by atoms with van der Waals surface area (Å²) in [5.74, 6) is 0.0421. The van der Waals surface area contributed by atoms with E-state index in [4.69, 9.17) is 66.3 Å². The smallest absolute Gasteiger partial charge is 0.187 e. The summed E-state index contributed by atoms with van der Waals surface area (Å²) >= 11 is 0. The second kappa shape index (κ2) is 30.8. The molecule has 1 aromatic carbocycles. The molecule has 21 aliphatic heterocycles. The lowest BCUT2D eigenvalue weighted by Gasteiger charge is -2.50. The van der Waals surface area contributed by atoms with E-state index in [-0.39, 0.29) is 31.9 Å². The summed E-state index contributed by atoms with van der Waals surface area (Å²) < 4.78 is 81.4. The number of aliphatic hydroxyl groups excluding tert-OH is 20. The molecule has 21 aliphatic rings. The number of aliphatic hydroxyl groups is 20. The molecule has 0 unspecified atom stereocenters. The fraction of sp³-hybridized carbons (Fsp3) is 0.882. The van der Waals surface area contributed by atoms with E-state index in [1.165, 1.54) is 6.07 Å². The average molecular weight is 1280 g/mol. The highest BCUT2D eigenvalue weighted by Gasteiger charge is 2.59. The van der Waals surface area contributed by atoms with E-state index in [0.29, 0.717) is 5.56 Å². The summed E-state index contributed by atoms with van der Waals surface area (Å²) in [4.78, 5) is 0. The van der Waals surface area contributed by atoms with Gasteiger partial charge in [0, 0.05) is 31.7 Å². The molecule has 0 aromatic heterocycles. The van der Waals surface area contributed by atoms with Crippen LogP contribution < -0.4 is 10.6 Å². The van der Waals surface area contributed by atoms with Crippen molar-refractivity contribution in [3.8, 4) is 5.75 Å². The molecular formula is C51H82N2O35. The molecule has 0 spiro atoms. The first kappa shape index (κ1) is 69.9. The minimum Gasteiger partial charge on any atom is -0.508 e. The summed E-state index contributed by atoms with van der Waals surface area (Å²) in [7, 11) is 0. The predicted molar refractivity (Wildman–Crippen MR) is 274 cm³/mol. The first-order valence-electron chi connectivity index (χ1n) is 28.6. The van der Waals surface area contributed by atoms with Crippen LogP contribution in [0.2, 0.25) is 0 Å². The maximum Gasteiger partial charge on any atom is 0.187 e. The number of rotatable bonds is 13. The summed E-state index contributed by atoms with van der Waals surface area (Å²) in [5, 5.41) is 240. The number of hydrogen-bond acceptors (Lipinski definition) is 37. The molecule has 506 valence electrons. The number of nitrogens with one attached hydrogen (secondary N) is 2. The molecule has 35 atom stereocenters. The van der Waals surface area contributed by atoms with Gasteiger partial charge in [0.25, 0.3) is 0 Å². The van der Waals surface area contributed by atoms with Crippen molar-refractivity contribution in [2.45, 2.75) is 221 Å². The molecule has 37 nitrogen and oxygen atoms in total. The second-order valence-corrected chi connectivity index (χ2v) is 22.5. The quantitative estimate of drug-likeness (QED) is 0.0816. The van der Waals surface area contributed by atoms with Crippen molar-refractivity contribution in [3.63, 3.8) is 0 Å². The molecule has 22 rings (SSSR count). The van der Waals surface area contributed by atoms with Gasteiger partial charge < -0.3 is 184 Å². The molecule has 0 aliphatic carbocycles. The van der Waals surface area contributed by atoms with Crippen molar-refractivity contribution >= 4 is 0 Å². The maximum atomic E-state index is 11.8. The molecule has 0 amide bonds. The molecule has 1 aromatic rings. The van der Waals surface area contributed by atoms with Gasteiger partial charge in [0.1, 0.15) is 177 Å². The van der Waals surface area contributed by atoms with E-state index < -0.39 is 255 Å². The highest BCUT2D eigenvalue weighted by molar-refractivity contribution is 5.31. The van der Waals surface area contributed by atoms with Gasteiger partial charge in [-0.05, 0) is 6.07 Å². The minimum absolute atomic E-state index is 0.0421. The van der Waals surface area contributed by atoms with Gasteiger partial charge in [0.15, 0.2) is 44.0 Å². The topological polar surface area (TPSA) is 578 Å². The van der Waals surface area contributed by atoms with Crippen molar-refractivity contribution < 1.29 is 174 Å². The standard InChI is InChI=1S/C51H82N2O35/c54-9-18-39-26(63)33(70)47(77-18)85-41-20(11-56)79-49(35(72)28(41)65)87-43-22(13-58)81-51(37(74)30(43)67)88-44-23(14-59)80-50(36(73)29(44)66)86-42-21(12-57)78-48(34(71)27(42)64)84-40-19(10-55)76-46(32(69)25(40)62)82-38-17(75-45(83-39)31(68)24(38)61)8-53-6-5-52-7-15-3-1-2-4-16(15)60/h1-4,17-74H,5-14H2/t17-,18+,19-,20+,21-,22+,23-,24+,25+,26-,27+,28+,29+,30+,31+,32+,33-,34+,35-,36+,37+,38+,39+,40+,41+,42+,43+,44+,45+,46+,47+,48+,49+,50+,51+/m0/s1. The second-order valence-electron chi connectivity index (χ2n) is 22.5. The van der Waals surface area contributed by atoms with Crippen LogP contribution in [-0.4, -0.2) is 381 Å². The van der Waals surface area contributed by atoms with E-state index in [2.05, 4.69) is 10.6 Å². The van der Waals surface area contributed by atoms with Crippen LogP contribution in [0.1, 0.15) is 5.56 Å².